The van der Waals surface area contributed by atoms with Gasteiger partial charge in [-0.05, 0) is 24.6 Å². The Morgan fingerprint density at radius 1 is 1.17 bits per heavy atom. The minimum atomic E-state index is -1.06. The molecule has 1 saturated heterocycles. The van der Waals surface area contributed by atoms with E-state index in [1.54, 1.807) is 12.1 Å². The summed E-state index contributed by atoms with van der Waals surface area (Å²) in [6.45, 7) is 1.41. The van der Waals surface area contributed by atoms with Crippen molar-refractivity contribution in [1.82, 2.24) is 10.6 Å². The van der Waals surface area contributed by atoms with Gasteiger partial charge in [0.25, 0.3) is 5.91 Å². The Morgan fingerprint density at radius 3 is 2.35 bits per heavy atom. The van der Waals surface area contributed by atoms with E-state index in [-0.39, 0.29) is 0 Å². The molecular weight excluding hydrogens is 336 g/mol. The lowest BCUT2D eigenvalue weighted by Crippen LogP contribution is -2.43. The van der Waals surface area contributed by atoms with E-state index >= 15 is 0 Å². The zero-order valence-electron chi connectivity index (χ0n) is 12.8. The normalized spacial score (nSPS) is 15.7. The van der Waals surface area contributed by atoms with Crippen LogP contribution in [0.4, 0.5) is 4.79 Å². The zero-order chi connectivity index (χ0) is 16.8. The van der Waals surface area contributed by atoms with Gasteiger partial charge in [-0.3, -0.25) is 10.1 Å². The number of carbonyl (C=O) groups excluding carboxylic acids is 3. The summed E-state index contributed by atoms with van der Waals surface area (Å²) in [4.78, 5) is 34.7. The summed E-state index contributed by atoms with van der Waals surface area (Å²) in [5.41, 5.74) is 1.54. The van der Waals surface area contributed by atoms with Gasteiger partial charge in [0.05, 0.1) is 10.1 Å². The van der Waals surface area contributed by atoms with Gasteiger partial charge in [-0.25, -0.2) is 9.59 Å². The van der Waals surface area contributed by atoms with E-state index in [0.29, 0.717) is 10.1 Å². The van der Waals surface area contributed by atoms with Gasteiger partial charge in [-0.15, -0.1) is 23.5 Å². The molecule has 0 aromatic heterocycles. The maximum absolute atomic E-state index is 12.0. The number of hydrogen-bond acceptors (Lipinski definition) is 6. The Hall–Kier alpha value is -1.67. The van der Waals surface area contributed by atoms with Crippen molar-refractivity contribution >= 4 is 41.4 Å². The highest BCUT2D eigenvalue weighted by molar-refractivity contribution is 8.19. The van der Waals surface area contributed by atoms with Crippen LogP contribution in [0.3, 0.4) is 0 Å². The van der Waals surface area contributed by atoms with Gasteiger partial charge in [-0.2, -0.15) is 0 Å². The summed E-state index contributed by atoms with van der Waals surface area (Å²) in [7, 11) is 1.39. The van der Waals surface area contributed by atoms with E-state index < -0.39 is 24.0 Å². The second kappa shape index (κ2) is 8.26. The fourth-order valence-electron chi connectivity index (χ4n) is 1.89. The SMILES string of the molecule is CNC(=O)NC(=O)[C@@H](C)OC(=O)c1ccc(C2SCCS2)cc1. The molecule has 0 radical (unpaired) electrons. The van der Waals surface area contributed by atoms with E-state index in [0.717, 1.165) is 11.5 Å². The number of urea groups is 1. The van der Waals surface area contributed by atoms with Gasteiger partial charge in [0.2, 0.25) is 0 Å². The monoisotopic (exact) mass is 354 g/mol. The fraction of sp³-hybridized carbons (Fsp3) is 0.400. The van der Waals surface area contributed by atoms with Crippen LogP contribution in [-0.2, 0) is 9.53 Å². The first-order chi connectivity index (χ1) is 11.0. The number of amides is 3. The molecule has 0 aliphatic carbocycles. The average Bonchev–Trinajstić information content (AvgIpc) is 3.09. The first-order valence-corrected chi connectivity index (χ1v) is 9.17. The van der Waals surface area contributed by atoms with Crippen LogP contribution in [0.25, 0.3) is 0 Å². The number of rotatable bonds is 4. The minimum absolute atomic E-state index is 0.376. The third kappa shape index (κ3) is 4.90. The van der Waals surface area contributed by atoms with E-state index in [9.17, 15) is 14.4 Å². The summed E-state index contributed by atoms with van der Waals surface area (Å²) in [5, 5.41) is 4.31. The average molecular weight is 354 g/mol. The molecule has 8 heteroatoms. The largest absolute Gasteiger partial charge is 0.449 e. The molecule has 124 valence electrons. The Balaban J connectivity index is 1.92. The molecule has 0 bridgehead atoms. The fourth-order valence-corrected chi connectivity index (χ4v) is 4.74. The number of benzene rings is 1. The number of nitrogens with one attached hydrogen (secondary N) is 2. The van der Waals surface area contributed by atoms with Gasteiger partial charge in [0.1, 0.15) is 0 Å². The molecule has 2 rings (SSSR count). The third-order valence-electron chi connectivity index (χ3n) is 3.16. The summed E-state index contributed by atoms with van der Waals surface area (Å²) in [5.74, 6) is 1.00. The van der Waals surface area contributed by atoms with Crippen molar-refractivity contribution < 1.29 is 19.1 Å². The highest BCUT2D eigenvalue weighted by Gasteiger charge is 2.22. The molecule has 1 heterocycles. The van der Waals surface area contributed by atoms with Crippen molar-refractivity contribution in [1.29, 1.82) is 0 Å². The molecule has 6 nitrogen and oxygen atoms in total. The van der Waals surface area contributed by atoms with Crippen LogP contribution in [0.15, 0.2) is 24.3 Å². The Kier molecular flexibility index (Phi) is 6.35. The number of carbonyl (C=O) groups is 3. The summed E-state index contributed by atoms with van der Waals surface area (Å²) in [6, 6.07) is 6.55. The van der Waals surface area contributed by atoms with Crippen LogP contribution >= 0.6 is 23.5 Å². The standard InChI is InChI=1S/C15H18N2O4S2/c1-9(12(18)17-15(20)16-2)21-13(19)10-3-5-11(6-4-10)14-22-7-8-23-14/h3-6,9,14H,7-8H2,1-2H3,(H2,16,17,18,20)/t9-/m1/s1. The summed E-state index contributed by atoms with van der Waals surface area (Å²) in [6.07, 6.45) is -1.06. The maximum atomic E-state index is 12.0. The molecule has 1 fully saturated rings. The smallest absolute Gasteiger partial charge is 0.338 e. The van der Waals surface area contributed by atoms with Crippen molar-refractivity contribution in [3.05, 3.63) is 35.4 Å². The van der Waals surface area contributed by atoms with Crippen LogP contribution < -0.4 is 10.6 Å². The molecule has 0 spiro atoms. The van der Waals surface area contributed by atoms with Crippen LogP contribution in [-0.4, -0.2) is 42.6 Å². The van der Waals surface area contributed by atoms with Crippen molar-refractivity contribution in [2.75, 3.05) is 18.6 Å². The topological polar surface area (TPSA) is 84.5 Å². The number of thioether (sulfide) groups is 2. The van der Waals surface area contributed by atoms with Crippen molar-refractivity contribution in [2.24, 2.45) is 0 Å². The van der Waals surface area contributed by atoms with Gasteiger partial charge < -0.3 is 10.1 Å². The number of esters is 1. The van der Waals surface area contributed by atoms with E-state index in [2.05, 4.69) is 10.6 Å². The zero-order valence-corrected chi connectivity index (χ0v) is 14.5. The van der Waals surface area contributed by atoms with Crippen LogP contribution in [0, 0.1) is 0 Å². The van der Waals surface area contributed by atoms with E-state index in [4.69, 9.17) is 4.74 Å². The highest BCUT2D eigenvalue weighted by Crippen LogP contribution is 2.45. The lowest BCUT2D eigenvalue weighted by Gasteiger charge is -2.13. The molecule has 1 aliphatic rings. The summed E-state index contributed by atoms with van der Waals surface area (Å²) >= 11 is 3.78. The third-order valence-corrected chi connectivity index (χ3v) is 6.26. The molecule has 1 aliphatic heterocycles. The Bertz CT molecular complexity index is 586. The first-order valence-electron chi connectivity index (χ1n) is 7.08. The molecule has 0 saturated carbocycles. The number of hydrogen-bond donors (Lipinski definition) is 2. The molecule has 0 unspecified atom stereocenters. The Morgan fingerprint density at radius 2 is 1.78 bits per heavy atom. The molecule has 1 aromatic carbocycles. The van der Waals surface area contributed by atoms with Gasteiger partial charge in [0, 0.05) is 18.6 Å². The summed E-state index contributed by atoms with van der Waals surface area (Å²) < 4.78 is 5.48. The van der Waals surface area contributed by atoms with Crippen molar-refractivity contribution in [3.63, 3.8) is 0 Å². The number of ether oxygens (including phenoxy) is 1. The minimum Gasteiger partial charge on any atom is -0.449 e. The number of imide groups is 1. The van der Waals surface area contributed by atoms with Gasteiger partial charge >= 0.3 is 12.0 Å². The second-order valence-electron chi connectivity index (χ2n) is 4.81. The van der Waals surface area contributed by atoms with Crippen LogP contribution in [0.5, 0.6) is 0 Å². The van der Waals surface area contributed by atoms with Gasteiger partial charge in [-0.1, -0.05) is 12.1 Å². The molecule has 2 N–H and O–H groups in total. The van der Waals surface area contributed by atoms with E-state index in [1.165, 1.54) is 19.5 Å². The first kappa shape index (κ1) is 17.7. The Labute approximate surface area is 143 Å². The lowest BCUT2D eigenvalue weighted by atomic mass is 10.1. The van der Waals surface area contributed by atoms with Crippen molar-refractivity contribution in [2.45, 2.75) is 17.6 Å². The quantitative estimate of drug-likeness (QED) is 0.806. The maximum Gasteiger partial charge on any atom is 0.338 e. The molecule has 1 aromatic rings. The van der Waals surface area contributed by atoms with Gasteiger partial charge in [0.15, 0.2) is 6.10 Å². The lowest BCUT2D eigenvalue weighted by molar-refractivity contribution is -0.127. The molecular formula is C15H18N2O4S2. The second-order valence-corrected chi connectivity index (χ2v) is 7.54. The predicted molar refractivity (Wildman–Crippen MR) is 91.6 cm³/mol. The molecule has 23 heavy (non-hydrogen) atoms. The predicted octanol–water partition coefficient (Wildman–Crippen LogP) is 2.17. The van der Waals surface area contributed by atoms with Crippen LogP contribution in [0.1, 0.15) is 27.4 Å². The molecule has 1 atom stereocenters. The van der Waals surface area contributed by atoms with Crippen molar-refractivity contribution in [3.8, 4) is 0 Å². The van der Waals surface area contributed by atoms with Crippen LogP contribution in [0.2, 0.25) is 0 Å². The molecule has 3 amide bonds. The highest BCUT2D eigenvalue weighted by atomic mass is 32.2. The van der Waals surface area contributed by atoms with E-state index in [1.807, 2.05) is 35.7 Å².